The van der Waals surface area contributed by atoms with Crippen molar-refractivity contribution in [2.24, 2.45) is 0 Å². The third kappa shape index (κ3) is 4.53. The maximum Gasteiger partial charge on any atom is 0.0640 e. The molecule has 0 amide bonds. The first-order chi connectivity index (χ1) is 9.54. The summed E-state index contributed by atoms with van der Waals surface area (Å²) in [7, 11) is 0. The Morgan fingerprint density at radius 2 is 2.05 bits per heavy atom. The molecule has 1 aromatic rings. The molecule has 1 N–H and O–H groups in total. The van der Waals surface area contributed by atoms with Gasteiger partial charge < -0.3 is 5.32 Å². The number of hydrogen-bond acceptors (Lipinski definition) is 2. The quantitative estimate of drug-likeness (QED) is 0.823. The van der Waals surface area contributed by atoms with Gasteiger partial charge >= 0.3 is 0 Å². The number of piperidine rings is 1. The van der Waals surface area contributed by atoms with Crippen molar-refractivity contribution in [2.45, 2.75) is 39.7 Å². The number of hydrogen-bond donors (Lipinski definition) is 1. The maximum absolute atomic E-state index is 6.28. The summed E-state index contributed by atoms with van der Waals surface area (Å²) in [6.07, 6.45) is 4.67. The standard InChI is InChI=1S/C17H25ClN2/c1-13(2)6-9-20-10-7-15(8-11-20)19-17-5-4-14(3)12-16(17)18/h4-6,12,15,19H,7-11H2,1-3H3. The second kappa shape index (κ2) is 7.14. The SMILES string of the molecule is CC(C)=CCN1CCC(Nc2ccc(C)cc2Cl)CC1. The highest BCUT2D eigenvalue weighted by molar-refractivity contribution is 6.33. The summed E-state index contributed by atoms with van der Waals surface area (Å²) in [5, 5.41) is 4.42. The first-order valence-corrected chi connectivity index (χ1v) is 7.81. The van der Waals surface area contributed by atoms with Gasteiger partial charge in [0.25, 0.3) is 0 Å². The Balaban J connectivity index is 1.83. The van der Waals surface area contributed by atoms with Crippen LogP contribution in [0.1, 0.15) is 32.3 Å². The van der Waals surface area contributed by atoms with Gasteiger partial charge in [0.15, 0.2) is 0 Å². The molecule has 0 atom stereocenters. The molecule has 0 aliphatic carbocycles. The normalized spacial score (nSPS) is 17.0. The van der Waals surface area contributed by atoms with Crippen LogP contribution in [0.5, 0.6) is 0 Å². The molecule has 0 unspecified atom stereocenters. The van der Waals surface area contributed by atoms with Crippen molar-refractivity contribution >= 4 is 17.3 Å². The summed E-state index contributed by atoms with van der Waals surface area (Å²) in [5.74, 6) is 0. The van der Waals surface area contributed by atoms with Gasteiger partial charge in [0.05, 0.1) is 10.7 Å². The zero-order valence-corrected chi connectivity index (χ0v) is 13.5. The van der Waals surface area contributed by atoms with Crippen molar-refractivity contribution in [3.8, 4) is 0 Å². The highest BCUT2D eigenvalue weighted by atomic mass is 35.5. The van der Waals surface area contributed by atoms with E-state index in [0.717, 1.165) is 30.3 Å². The molecule has 0 radical (unpaired) electrons. The lowest BCUT2D eigenvalue weighted by molar-refractivity contribution is 0.240. The average Bonchev–Trinajstić information content (AvgIpc) is 2.41. The Labute approximate surface area is 127 Å². The summed E-state index contributed by atoms with van der Waals surface area (Å²) < 4.78 is 0. The summed E-state index contributed by atoms with van der Waals surface area (Å²) in [5.41, 5.74) is 3.67. The zero-order valence-electron chi connectivity index (χ0n) is 12.7. The fraction of sp³-hybridized carbons (Fsp3) is 0.529. The molecular formula is C17H25ClN2. The van der Waals surface area contributed by atoms with Crippen molar-refractivity contribution in [1.29, 1.82) is 0 Å². The molecule has 1 aromatic carbocycles. The summed E-state index contributed by atoms with van der Waals surface area (Å²) in [6.45, 7) is 9.79. The van der Waals surface area contributed by atoms with E-state index in [4.69, 9.17) is 11.6 Å². The smallest absolute Gasteiger partial charge is 0.0640 e. The lowest BCUT2D eigenvalue weighted by Gasteiger charge is -2.32. The Bertz CT molecular complexity index is 470. The number of nitrogens with zero attached hydrogens (tertiary/aromatic N) is 1. The van der Waals surface area contributed by atoms with Crippen LogP contribution < -0.4 is 5.32 Å². The van der Waals surface area contributed by atoms with Gasteiger partial charge in [0.2, 0.25) is 0 Å². The zero-order chi connectivity index (χ0) is 14.5. The van der Waals surface area contributed by atoms with E-state index >= 15 is 0 Å². The van der Waals surface area contributed by atoms with Crippen LogP contribution in [0.15, 0.2) is 29.8 Å². The molecule has 20 heavy (non-hydrogen) atoms. The molecule has 0 spiro atoms. The molecule has 110 valence electrons. The van der Waals surface area contributed by atoms with Crippen molar-refractivity contribution in [3.05, 3.63) is 40.4 Å². The number of rotatable bonds is 4. The lowest BCUT2D eigenvalue weighted by Crippen LogP contribution is -2.39. The summed E-state index contributed by atoms with van der Waals surface area (Å²) >= 11 is 6.28. The van der Waals surface area contributed by atoms with E-state index in [0.29, 0.717) is 6.04 Å². The minimum Gasteiger partial charge on any atom is -0.381 e. The van der Waals surface area contributed by atoms with E-state index < -0.39 is 0 Å². The van der Waals surface area contributed by atoms with Crippen LogP contribution in [-0.2, 0) is 0 Å². The summed E-state index contributed by atoms with van der Waals surface area (Å²) in [6, 6.07) is 6.76. The van der Waals surface area contributed by atoms with Gasteiger partial charge in [-0.3, -0.25) is 4.90 Å². The molecule has 1 aliphatic heterocycles. The largest absolute Gasteiger partial charge is 0.381 e. The first kappa shape index (κ1) is 15.4. The van der Waals surface area contributed by atoms with Gasteiger partial charge in [-0.15, -0.1) is 0 Å². The predicted octanol–water partition coefficient (Wildman–Crippen LogP) is 4.49. The van der Waals surface area contributed by atoms with Crippen molar-refractivity contribution in [1.82, 2.24) is 4.90 Å². The maximum atomic E-state index is 6.28. The van der Waals surface area contributed by atoms with Crippen LogP contribution in [-0.4, -0.2) is 30.6 Å². The van der Waals surface area contributed by atoms with Crippen molar-refractivity contribution < 1.29 is 0 Å². The van der Waals surface area contributed by atoms with Gasteiger partial charge in [0.1, 0.15) is 0 Å². The van der Waals surface area contributed by atoms with Gasteiger partial charge in [-0.2, -0.15) is 0 Å². The van der Waals surface area contributed by atoms with E-state index in [-0.39, 0.29) is 0 Å². The van der Waals surface area contributed by atoms with Crippen LogP contribution in [0, 0.1) is 6.92 Å². The van der Waals surface area contributed by atoms with Gasteiger partial charge in [0, 0.05) is 25.7 Å². The third-order valence-corrected chi connectivity index (χ3v) is 4.14. The Morgan fingerprint density at radius 3 is 2.65 bits per heavy atom. The minimum absolute atomic E-state index is 0.540. The van der Waals surface area contributed by atoms with Crippen LogP contribution in [0.2, 0.25) is 5.02 Å². The molecule has 0 aromatic heterocycles. The van der Waals surface area contributed by atoms with Crippen LogP contribution >= 0.6 is 11.6 Å². The lowest BCUT2D eigenvalue weighted by atomic mass is 10.0. The average molecular weight is 293 g/mol. The number of halogens is 1. The van der Waals surface area contributed by atoms with E-state index in [9.17, 15) is 0 Å². The molecule has 1 fully saturated rings. The fourth-order valence-electron chi connectivity index (χ4n) is 2.53. The number of benzene rings is 1. The highest BCUT2D eigenvalue weighted by Crippen LogP contribution is 2.25. The van der Waals surface area contributed by atoms with Gasteiger partial charge in [-0.1, -0.05) is 29.3 Å². The number of likely N-dealkylation sites (tertiary alicyclic amines) is 1. The van der Waals surface area contributed by atoms with Crippen molar-refractivity contribution in [2.75, 3.05) is 25.0 Å². The predicted molar refractivity (Wildman–Crippen MR) is 88.7 cm³/mol. The molecule has 1 heterocycles. The molecule has 3 heteroatoms. The molecule has 2 nitrogen and oxygen atoms in total. The fourth-order valence-corrected chi connectivity index (χ4v) is 2.82. The minimum atomic E-state index is 0.540. The number of nitrogens with one attached hydrogen (secondary N) is 1. The van der Waals surface area contributed by atoms with E-state index in [1.54, 1.807) is 0 Å². The first-order valence-electron chi connectivity index (χ1n) is 7.43. The Kier molecular flexibility index (Phi) is 5.50. The topological polar surface area (TPSA) is 15.3 Å². The summed E-state index contributed by atoms with van der Waals surface area (Å²) in [4.78, 5) is 2.52. The second-order valence-corrected chi connectivity index (χ2v) is 6.39. The Hall–Kier alpha value is -0.990. The molecule has 2 rings (SSSR count). The highest BCUT2D eigenvalue weighted by Gasteiger charge is 2.18. The number of allylic oxidation sites excluding steroid dienone is 1. The van der Waals surface area contributed by atoms with Crippen LogP contribution in [0.3, 0.4) is 0 Å². The third-order valence-electron chi connectivity index (χ3n) is 3.83. The van der Waals surface area contributed by atoms with E-state index in [1.807, 2.05) is 6.07 Å². The molecule has 0 saturated carbocycles. The van der Waals surface area contributed by atoms with Crippen LogP contribution in [0.4, 0.5) is 5.69 Å². The molecule has 1 saturated heterocycles. The van der Waals surface area contributed by atoms with E-state index in [2.05, 4.69) is 49.2 Å². The number of anilines is 1. The van der Waals surface area contributed by atoms with Gasteiger partial charge in [-0.25, -0.2) is 0 Å². The van der Waals surface area contributed by atoms with Gasteiger partial charge in [-0.05, 0) is 51.3 Å². The number of aryl methyl sites for hydroxylation is 1. The van der Waals surface area contributed by atoms with Crippen LogP contribution in [0.25, 0.3) is 0 Å². The van der Waals surface area contributed by atoms with Crippen molar-refractivity contribution in [3.63, 3.8) is 0 Å². The molecule has 1 aliphatic rings. The second-order valence-electron chi connectivity index (χ2n) is 5.98. The Morgan fingerprint density at radius 1 is 1.35 bits per heavy atom. The monoisotopic (exact) mass is 292 g/mol. The molecule has 0 bridgehead atoms. The molecular weight excluding hydrogens is 268 g/mol. The van der Waals surface area contributed by atoms with E-state index in [1.165, 1.54) is 24.0 Å².